The maximum Gasteiger partial charge on any atom is 0.234 e. The third kappa shape index (κ3) is 2.74. The Kier molecular flexibility index (Phi) is 3.72. The zero-order valence-electron chi connectivity index (χ0n) is 10.3. The van der Waals surface area contributed by atoms with Crippen molar-refractivity contribution in [1.82, 2.24) is 10.1 Å². The highest BCUT2D eigenvalue weighted by Gasteiger charge is 2.11. The third-order valence-corrected chi connectivity index (χ3v) is 2.54. The molecule has 0 saturated heterocycles. The number of ether oxygens (including phenoxy) is 1. The first-order valence-corrected chi connectivity index (χ1v) is 5.71. The Bertz CT molecular complexity index is 549. The van der Waals surface area contributed by atoms with Crippen LogP contribution in [0.5, 0.6) is 5.75 Å². The minimum Gasteiger partial charge on any atom is -0.497 e. The maximum atomic E-state index is 11.3. The molecule has 5 heteroatoms. The van der Waals surface area contributed by atoms with Gasteiger partial charge in [-0.1, -0.05) is 24.2 Å². The molecule has 1 aromatic heterocycles. The summed E-state index contributed by atoms with van der Waals surface area (Å²) in [7, 11) is 1.60. The normalized spacial score (nSPS) is 10.3. The summed E-state index contributed by atoms with van der Waals surface area (Å²) in [5.74, 6) is 1.62. The Morgan fingerprint density at radius 3 is 3.00 bits per heavy atom. The van der Waals surface area contributed by atoms with Gasteiger partial charge in [0.2, 0.25) is 11.7 Å². The SMILES string of the molecule is CCC(=O)Cc1nc(-c2cccc(OC)c2)no1. The second-order valence-electron chi connectivity index (χ2n) is 3.81. The number of carbonyl (C=O) groups is 1. The van der Waals surface area contributed by atoms with Crippen molar-refractivity contribution in [3.05, 3.63) is 30.2 Å². The van der Waals surface area contributed by atoms with Crippen molar-refractivity contribution < 1.29 is 14.1 Å². The van der Waals surface area contributed by atoms with Gasteiger partial charge in [-0.3, -0.25) is 4.79 Å². The third-order valence-electron chi connectivity index (χ3n) is 2.54. The molecule has 0 spiro atoms. The molecule has 1 heterocycles. The van der Waals surface area contributed by atoms with Crippen molar-refractivity contribution in [1.29, 1.82) is 0 Å². The van der Waals surface area contributed by atoms with Gasteiger partial charge in [-0.2, -0.15) is 4.98 Å². The number of hydrogen-bond acceptors (Lipinski definition) is 5. The van der Waals surface area contributed by atoms with E-state index in [1.165, 1.54) is 0 Å². The largest absolute Gasteiger partial charge is 0.497 e. The van der Waals surface area contributed by atoms with Crippen LogP contribution < -0.4 is 4.74 Å². The standard InChI is InChI=1S/C13H14N2O3/c1-3-10(16)8-12-14-13(15-18-12)9-5-4-6-11(7-9)17-2/h4-7H,3,8H2,1-2H3. The topological polar surface area (TPSA) is 65.2 Å². The van der Waals surface area contributed by atoms with Crippen LogP contribution in [0.25, 0.3) is 11.4 Å². The summed E-state index contributed by atoms with van der Waals surface area (Å²) in [6.45, 7) is 1.81. The zero-order valence-corrected chi connectivity index (χ0v) is 10.3. The number of Topliss-reactive ketones (excluding diaryl/α,β-unsaturated/α-hetero) is 1. The lowest BCUT2D eigenvalue weighted by Crippen LogP contribution is -2.00. The van der Waals surface area contributed by atoms with Gasteiger partial charge >= 0.3 is 0 Å². The van der Waals surface area contributed by atoms with Crippen LogP contribution in [0.4, 0.5) is 0 Å². The van der Waals surface area contributed by atoms with E-state index in [-0.39, 0.29) is 12.2 Å². The first kappa shape index (κ1) is 12.3. The van der Waals surface area contributed by atoms with Gasteiger partial charge in [0.05, 0.1) is 13.5 Å². The number of nitrogens with zero attached hydrogens (tertiary/aromatic N) is 2. The van der Waals surface area contributed by atoms with Gasteiger partial charge in [-0.05, 0) is 12.1 Å². The summed E-state index contributed by atoms with van der Waals surface area (Å²) in [4.78, 5) is 15.5. The molecule has 1 aromatic carbocycles. The predicted molar refractivity (Wildman–Crippen MR) is 65.3 cm³/mol. The summed E-state index contributed by atoms with van der Waals surface area (Å²) < 4.78 is 10.2. The van der Waals surface area contributed by atoms with Gasteiger partial charge in [-0.25, -0.2) is 0 Å². The van der Waals surface area contributed by atoms with Crippen LogP contribution in [0.1, 0.15) is 19.2 Å². The van der Waals surface area contributed by atoms with Gasteiger partial charge in [0.15, 0.2) is 0 Å². The molecule has 0 bridgehead atoms. The fourth-order valence-electron chi connectivity index (χ4n) is 1.50. The first-order valence-electron chi connectivity index (χ1n) is 5.71. The Hall–Kier alpha value is -2.17. The molecule has 0 saturated carbocycles. The highest BCUT2D eigenvalue weighted by Crippen LogP contribution is 2.21. The van der Waals surface area contributed by atoms with Gasteiger partial charge in [0.25, 0.3) is 0 Å². The molecule has 2 aromatic rings. The quantitative estimate of drug-likeness (QED) is 0.809. The van der Waals surface area contributed by atoms with Crippen LogP contribution in [0.15, 0.2) is 28.8 Å². The smallest absolute Gasteiger partial charge is 0.234 e. The fraction of sp³-hybridized carbons (Fsp3) is 0.308. The fourth-order valence-corrected chi connectivity index (χ4v) is 1.50. The number of carbonyl (C=O) groups excluding carboxylic acids is 1. The van der Waals surface area contributed by atoms with Crippen LogP contribution in [-0.4, -0.2) is 23.0 Å². The van der Waals surface area contributed by atoms with Gasteiger partial charge < -0.3 is 9.26 Å². The lowest BCUT2D eigenvalue weighted by Gasteiger charge is -1.99. The van der Waals surface area contributed by atoms with Crippen molar-refractivity contribution in [3.63, 3.8) is 0 Å². The van der Waals surface area contributed by atoms with Crippen molar-refractivity contribution in [3.8, 4) is 17.1 Å². The summed E-state index contributed by atoms with van der Waals surface area (Å²) in [5.41, 5.74) is 0.799. The highest BCUT2D eigenvalue weighted by molar-refractivity contribution is 5.79. The number of methoxy groups -OCH3 is 1. The molecule has 0 aliphatic heterocycles. The summed E-state index contributed by atoms with van der Waals surface area (Å²) >= 11 is 0. The van der Waals surface area contributed by atoms with Crippen LogP contribution >= 0.6 is 0 Å². The van der Waals surface area contributed by atoms with Crippen molar-refractivity contribution in [2.75, 3.05) is 7.11 Å². The number of hydrogen-bond donors (Lipinski definition) is 0. The molecule has 94 valence electrons. The van der Waals surface area contributed by atoms with Gasteiger partial charge in [0.1, 0.15) is 11.5 Å². The molecular weight excluding hydrogens is 232 g/mol. The predicted octanol–water partition coefficient (Wildman–Crippen LogP) is 2.27. The van der Waals surface area contributed by atoms with Crippen LogP contribution in [0, 0.1) is 0 Å². The maximum absolute atomic E-state index is 11.3. The number of aromatic nitrogens is 2. The minimum absolute atomic E-state index is 0.0795. The van der Waals surface area contributed by atoms with Crippen molar-refractivity contribution in [2.45, 2.75) is 19.8 Å². The van der Waals surface area contributed by atoms with E-state index in [2.05, 4.69) is 10.1 Å². The molecule has 18 heavy (non-hydrogen) atoms. The van der Waals surface area contributed by atoms with E-state index in [1.54, 1.807) is 7.11 Å². The molecule has 0 radical (unpaired) electrons. The lowest BCUT2D eigenvalue weighted by molar-refractivity contribution is -0.118. The number of ketones is 1. The van der Waals surface area contributed by atoms with Gasteiger partial charge in [-0.15, -0.1) is 0 Å². The number of rotatable bonds is 5. The molecule has 2 rings (SSSR count). The number of benzene rings is 1. The van der Waals surface area contributed by atoms with E-state index in [0.717, 1.165) is 11.3 Å². The van der Waals surface area contributed by atoms with E-state index in [1.807, 2.05) is 31.2 Å². The second-order valence-corrected chi connectivity index (χ2v) is 3.81. The van der Waals surface area contributed by atoms with E-state index in [4.69, 9.17) is 9.26 Å². The molecule has 0 N–H and O–H groups in total. The molecule has 5 nitrogen and oxygen atoms in total. The molecule has 0 aliphatic rings. The monoisotopic (exact) mass is 246 g/mol. The molecule has 0 unspecified atom stereocenters. The van der Waals surface area contributed by atoms with Crippen molar-refractivity contribution >= 4 is 5.78 Å². The van der Waals surface area contributed by atoms with E-state index in [0.29, 0.717) is 18.1 Å². The van der Waals surface area contributed by atoms with E-state index >= 15 is 0 Å². The van der Waals surface area contributed by atoms with E-state index < -0.39 is 0 Å². The molecule has 0 atom stereocenters. The minimum atomic E-state index is 0.0795. The average Bonchev–Trinajstić information content (AvgIpc) is 2.87. The summed E-state index contributed by atoms with van der Waals surface area (Å²) in [5, 5.41) is 3.86. The van der Waals surface area contributed by atoms with Crippen LogP contribution in [-0.2, 0) is 11.2 Å². The molecular formula is C13H14N2O3. The first-order chi connectivity index (χ1) is 8.72. The average molecular weight is 246 g/mol. The lowest BCUT2D eigenvalue weighted by atomic mass is 10.2. The van der Waals surface area contributed by atoms with Crippen molar-refractivity contribution in [2.24, 2.45) is 0 Å². The van der Waals surface area contributed by atoms with Crippen LogP contribution in [0.3, 0.4) is 0 Å². The molecule has 0 amide bonds. The highest BCUT2D eigenvalue weighted by atomic mass is 16.5. The molecule has 0 fully saturated rings. The second kappa shape index (κ2) is 5.44. The zero-order chi connectivity index (χ0) is 13.0. The Morgan fingerprint density at radius 2 is 2.28 bits per heavy atom. The van der Waals surface area contributed by atoms with Crippen LogP contribution in [0.2, 0.25) is 0 Å². The summed E-state index contributed by atoms with van der Waals surface area (Å²) in [6, 6.07) is 7.36. The summed E-state index contributed by atoms with van der Waals surface area (Å²) in [6.07, 6.45) is 0.657. The Balaban J connectivity index is 2.20. The van der Waals surface area contributed by atoms with E-state index in [9.17, 15) is 4.79 Å². The Labute approximate surface area is 105 Å². The van der Waals surface area contributed by atoms with Gasteiger partial charge in [0, 0.05) is 12.0 Å². The molecule has 0 aliphatic carbocycles. The Morgan fingerprint density at radius 1 is 1.44 bits per heavy atom.